The van der Waals surface area contributed by atoms with Crippen LogP contribution in [0, 0.1) is 0 Å². The van der Waals surface area contributed by atoms with E-state index in [0.717, 1.165) is 41.7 Å². The van der Waals surface area contributed by atoms with E-state index in [0.29, 0.717) is 6.04 Å². The summed E-state index contributed by atoms with van der Waals surface area (Å²) in [6.07, 6.45) is 3.23. The predicted octanol–water partition coefficient (Wildman–Crippen LogP) is 2.38. The van der Waals surface area contributed by atoms with Gasteiger partial charge in [0.1, 0.15) is 4.88 Å². The van der Waals surface area contributed by atoms with Crippen molar-refractivity contribution in [2.45, 2.75) is 25.3 Å². The molecule has 1 aliphatic rings. The second-order valence-electron chi connectivity index (χ2n) is 3.95. The van der Waals surface area contributed by atoms with Gasteiger partial charge in [-0.1, -0.05) is 0 Å². The highest BCUT2D eigenvalue weighted by Gasteiger charge is 2.17. The molecular formula is C11H15BrN2OS. The maximum Gasteiger partial charge on any atom is 0.262 e. The van der Waals surface area contributed by atoms with Crippen molar-refractivity contribution in [1.29, 1.82) is 0 Å². The van der Waals surface area contributed by atoms with Gasteiger partial charge in [0.05, 0.1) is 0 Å². The van der Waals surface area contributed by atoms with Crippen molar-refractivity contribution in [3.8, 4) is 0 Å². The Hall–Kier alpha value is -0.390. The van der Waals surface area contributed by atoms with E-state index in [1.807, 2.05) is 11.4 Å². The van der Waals surface area contributed by atoms with Gasteiger partial charge in [0.15, 0.2) is 0 Å². The molecule has 0 radical (unpaired) electrons. The minimum absolute atomic E-state index is 0.0498. The van der Waals surface area contributed by atoms with Crippen LogP contribution >= 0.6 is 27.3 Å². The van der Waals surface area contributed by atoms with Crippen molar-refractivity contribution in [3.05, 3.63) is 20.8 Å². The number of thiophene rings is 1. The quantitative estimate of drug-likeness (QED) is 0.881. The molecule has 1 amide bonds. The molecule has 1 aromatic rings. The lowest BCUT2D eigenvalue weighted by Gasteiger charge is -2.15. The smallest absolute Gasteiger partial charge is 0.262 e. The molecule has 0 saturated carbocycles. The summed E-state index contributed by atoms with van der Waals surface area (Å²) in [6.45, 7) is 2.06. The molecule has 1 aliphatic heterocycles. The van der Waals surface area contributed by atoms with E-state index in [-0.39, 0.29) is 5.91 Å². The van der Waals surface area contributed by atoms with Crippen LogP contribution in [0.4, 0.5) is 0 Å². The Morgan fingerprint density at radius 3 is 3.12 bits per heavy atom. The third-order valence-corrected chi connectivity index (χ3v) is 4.57. The van der Waals surface area contributed by atoms with Gasteiger partial charge in [-0.3, -0.25) is 4.79 Å². The summed E-state index contributed by atoms with van der Waals surface area (Å²) in [5, 5.41) is 8.37. The van der Waals surface area contributed by atoms with Crippen LogP contribution in [0.15, 0.2) is 15.9 Å². The van der Waals surface area contributed by atoms with E-state index in [2.05, 4.69) is 26.6 Å². The molecule has 1 unspecified atom stereocenters. The molecule has 88 valence electrons. The van der Waals surface area contributed by atoms with Gasteiger partial charge in [-0.2, -0.15) is 0 Å². The van der Waals surface area contributed by atoms with Crippen LogP contribution in [0.25, 0.3) is 0 Å². The van der Waals surface area contributed by atoms with Gasteiger partial charge in [0, 0.05) is 10.5 Å². The first kappa shape index (κ1) is 12.1. The van der Waals surface area contributed by atoms with Crippen LogP contribution in [-0.4, -0.2) is 25.0 Å². The topological polar surface area (TPSA) is 41.1 Å². The molecule has 0 aliphatic carbocycles. The largest absolute Gasteiger partial charge is 0.349 e. The predicted molar refractivity (Wildman–Crippen MR) is 70.0 cm³/mol. The number of nitrogens with one attached hydrogen (secondary N) is 2. The molecule has 1 atom stereocenters. The van der Waals surface area contributed by atoms with Gasteiger partial charge in [0.25, 0.3) is 5.91 Å². The first-order chi connectivity index (χ1) is 7.77. The number of amides is 1. The van der Waals surface area contributed by atoms with E-state index < -0.39 is 0 Å². The molecule has 2 heterocycles. The summed E-state index contributed by atoms with van der Waals surface area (Å²) in [7, 11) is 0. The Balaban J connectivity index is 1.93. The lowest BCUT2D eigenvalue weighted by molar-refractivity contribution is 0.0937. The molecule has 0 bridgehead atoms. The van der Waals surface area contributed by atoms with E-state index in [1.165, 1.54) is 11.3 Å². The standard InChI is InChI=1S/C11H15BrN2OS/c12-9-4-7-16-10(9)11(15)14-8-2-1-5-13-6-3-8/h4,7-8,13H,1-3,5-6H2,(H,14,15). The fourth-order valence-corrected chi connectivity index (χ4v) is 3.32. The lowest BCUT2D eigenvalue weighted by atomic mass is 10.1. The van der Waals surface area contributed by atoms with Gasteiger partial charge in [0.2, 0.25) is 0 Å². The average Bonchev–Trinajstić information content (AvgIpc) is 2.53. The van der Waals surface area contributed by atoms with E-state index in [9.17, 15) is 4.79 Å². The van der Waals surface area contributed by atoms with Crippen molar-refractivity contribution in [2.24, 2.45) is 0 Å². The lowest BCUT2D eigenvalue weighted by Crippen LogP contribution is -2.35. The normalized spacial score (nSPS) is 21.4. The van der Waals surface area contributed by atoms with Gasteiger partial charge in [-0.25, -0.2) is 0 Å². The number of halogens is 1. The first-order valence-corrected chi connectivity index (χ1v) is 7.19. The molecule has 2 rings (SSSR count). The molecule has 1 fully saturated rings. The summed E-state index contributed by atoms with van der Waals surface area (Å²) in [5.74, 6) is 0.0498. The maximum absolute atomic E-state index is 12.0. The van der Waals surface area contributed by atoms with Gasteiger partial charge in [-0.15, -0.1) is 11.3 Å². The average molecular weight is 303 g/mol. The highest BCUT2D eigenvalue weighted by atomic mass is 79.9. The Kier molecular flexibility index (Phi) is 4.37. The number of hydrogen-bond acceptors (Lipinski definition) is 3. The van der Waals surface area contributed by atoms with Crippen LogP contribution in [0.3, 0.4) is 0 Å². The second kappa shape index (κ2) is 5.80. The highest BCUT2D eigenvalue weighted by molar-refractivity contribution is 9.10. The summed E-state index contributed by atoms with van der Waals surface area (Å²) in [4.78, 5) is 12.7. The molecule has 1 saturated heterocycles. The maximum atomic E-state index is 12.0. The molecule has 0 spiro atoms. The van der Waals surface area contributed by atoms with Gasteiger partial charge < -0.3 is 10.6 Å². The Morgan fingerprint density at radius 2 is 2.38 bits per heavy atom. The molecule has 5 heteroatoms. The first-order valence-electron chi connectivity index (χ1n) is 5.52. The van der Waals surface area contributed by atoms with Crippen molar-refractivity contribution in [3.63, 3.8) is 0 Å². The Morgan fingerprint density at radius 1 is 1.50 bits per heavy atom. The summed E-state index contributed by atoms with van der Waals surface area (Å²) in [5.41, 5.74) is 0. The van der Waals surface area contributed by atoms with Crippen LogP contribution in [0.2, 0.25) is 0 Å². The molecular weight excluding hydrogens is 288 g/mol. The summed E-state index contributed by atoms with van der Waals surface area (Å²) < 4.78 is 0.891. The molecule has 1 aromatic heterocycles. The van der Waals surface area contributed by atoms with Crippen LogP contribution in [0.5, 0.6) is 0 Å². The van der Waals surface area contributed by atoms with Crippen molar-refractivity contribution in [1.82, 2.24) is 10.6 Å². The zero-order valence-electron chi connectivity index (χ0n) is 8.96. The van der Waals surface area contributed by atoms with Crippen molar-refractivity contribution < 1.29 is 4.79 Å². The number of carbonyl (C=O) groups is 1. The fraction of sp³-hybridized carbons (Fsp3) is 0.545. The van der Waals surface area contributed by atoms with Crippen LogP contribution in [-0.2, 0) is 0 Å². The highest BCUT2D eigenvalue weighted by Crippen LogP contribution is 2.22. The monoisotopic (exact) mass is 302 g/mol. The van der Waals surface area contributed by atoms with Gasteiger partial charge in [-0.05, 0) is 59.7 Å². The second-order valence-corrected chi connectivity index (χ2v) is 5.72. The molecule has 2 N–H and O–H groups in total. The number of carbonyl (C=O) groups excluding carboxylic acids is 1. The van der Waals surface area contributed by atoms with Crippen LogP contribution < -0.4 is 10.6 Å². The minimum atomic E-state index is 0.0498. The molecule has 3 nitrogen and oxygen atoms in total. The van der Waals surface area contributed by atoms with Crippen molar-refractivity contribution in [2.75, 3.05) is 13.1 Å². The third-order valence-electron chi connectivity index (χ3n) is 2.73. The van der Waals surface area contributed by atoms with E-state index in [4.69, 9.17) is 0 Å². The zero-order chi connectivity index (χ0) is 11.4. The summed E-state index contributed by atoms with van der Waals surface area (Å²) in [6, 6.07) is 2.23. The summed E-state index contributed by atoms with van der Waals surface area (Å²) >= 11 is 4.86. The molecule has 0 aromatic carbocycles. The Labute approximate surface area is 108 Å². The SMILES string of the molecule is O=C(NC1CCCNCC1)c1sccc1Br. The molecule has 16 heavy (non-hydrogen) atoms. The Bertz CT molecular complexity index is 359. The van der Waals surface area contributed by atoms with Gasteiger partial charge >= 0.3 is 0 Å². The number of hydrogen-bond donors (Lipinski definition) is 2. The van der Waals surface area contributed by atoms with E-state index >= 15 is 0 Å². The van der Waals surface area contributed by atoms with Crippen molar-refractivity contribution >= 4 is 33.2 Å². The fourth-order valence-electron chi connectivity index (χ4n) is 1.87. The third kappa shape index (κ3) is 3.06. The minimum Gasteiger partial charge on any atom is -0.349 e. The zero-order valence-corrected chi connectivity index (χ0v) is 11.4. The number of rotatable bonds is 2. The van der Waals surface area contributed by atoms with E-state index in [1.54, 1.807) is 0 Å². The van der Waals surface area contributed by atoms with Crippen LogP contribution in [0.1, 0.15) is 28.9 Å².